The lowest BCUT2D eigenvalue weighted by Crippen LogP contribution is -2.53. The van der Waals surface area contributed by atoms with E-state index in [0.29, 0.717) is 21.8 Å². The molecule has 4 amide bonds. The molecular formula is C39H30ClN3O8. The van der Waals surface area contributed by atoms with Crippen LogP contribution in [0, 0.1) is 33.8 Å². The van der Waals surface area contributed by atoms with Crippen molar-refractivity contribution in [1.82, 2.24) is 0 Å². The minimum atomic E-state index is -1.50. The normalized spacial score (nSPS) is 26.8. The summed E-state index contributed by atoms with van der Waals surface area (Å²) in [6.07, 6.45) is 2.21. The standard InChI is InChI=1S/C39H30ClN3O8/c1-51-32-17-10-21(18-31(32)44)34-27-15-16-28-33(37(47)41(35(28)45)24-11-13-25(14-12-24)43(49)50)29(27)20-30-36(46)42(26-9-5-8-23(40)19-26)38(48)39(30,34)22-6-3-2-4-7-22/h2-15,17-19,28-30,33-34,44H,16,20H2,1H3. The van der Waals surface area contributed by atoms with E-state index in [-0.39, 0.29) is 35.7 Å². The van der Waals surface area contributed by atoms with Crippen LogP contribution in [0.15, 0.2) is 109 Å². The van der Waals surface area contributed by atoms with Gasteiger partial charge in [0.05, 0.1) is 46.6 Å². The maximum Gasteiger partial charge on any atom is 0.269 e. The zero-order chi connectivity index (χ0) is 35.8. The number of imide groups is 2. The van der Waals surface area contributed by atoms with Crippen molar-refractivity contribution < 1.29 is 33.9 Å². The number of benzene rings is 4. The van der Waals surface area contributed by atoms with Gasteiger partial charge in [-0.1, -0.05) is 65.7 Å². The summed E-state index contributed by atoms with van der Waals surface area (Å²) in [5.74, 6) is -5.81. The number of aromatic hydroxyl groups is 1. The Hall–Kier alpha value is -5.81. The van der Waals surface area contributed by atoms with Crippen LogP contribution in [0.25, 0.3) is 0 Å². The van der Waals surface area contributed by atoms with E-state index in [1.54, 1.807) is 36.4 Å². The molecule has 2 heterocycles. The summed E-state index contributed by atoms with van der Waals surface area (Å²) in [6.45, 7) is 0. The molecular weight excluding hydrogens is 674 g/mol. The molecule has 6 unspecified atom stereocenters. The van der Waals surface area contributed by atoms with Crippen LogP contribution in [0.2, 0.25) is 5.02 Å². The Kier molecular flexibility index (Phi) is 7.57. The Morgan fingerprint density at radius 2 is 1.59 bits per heavy atom. The molecule has 4 aromatic rings. The molecule has 51 heavy (non-hydrogen) atoms. The summed E-state index contributed by atoms with van der Waals surface area (Å²) in [7, 11) is 1.43. The van der Waals surface area contributed by atoms with Crippen LogP contribution in [-0.4, -0.2) is 40.8 Å². The number of phenolic OH excluding ortho intramolecular Hbond substituents is 1. The van der Waals surface area contributed by atoms with Gasteiger partial charge in [0.2, 0.25) is 23.6 Å². The molecule has 2 aliphatic heterocycles. The zero-order valence-electron chi connectivity index (χ0n) is 27.1. The molecule has 1 N–H and O–H groups in total. The number of fused-ring (bicyclic) bond motifs is 4. The second-order valence-corrected chi connectivity index (χ2v) is 13.7. The number of non-ortho nitro benzene ring substituents is 1. The van der Waals surface area contributed by atoms with Crippen molar-refractivity contribution in [2.45, 2.75) is 24.2 Å². The number of anilines is 2. The Bertz CT molecular complexity index is 2190. The lowest BCUT2D eigenvalue weighted by molar-refractivity contribution is -0.384. The van der Waals surface area contributed by atoms with Crippen LogP contribution in [-0.2, 0) is 24.6 Å². The number of allylic oxidation sites excluding steroid dienone is 2. The SMILES string of the molecule is COc1ccc(C2C3=CCC4C(=O)N(c5ccc([N+](=O)[O-])cc5)C(=O)C4C3CC3C(=O)N(c4cccc(Cl)c4)C(=O)C32c2ccccc2)cc1O. The average Bonchev–Trinajstić information content (AvgIpc) is 3.52. The van der Waals surface area contributed by atoms with Crippen molar-refractivity contribution in [3.8, 4) is 11.5 Å². The van der Waals surface area contributed by atoms with Gasteiger partial charge in [-0.3, -0.25) is 34.2 Å². The zero-order valence-corrected chi connectivity index (χ0v) is 27.9. The number of hydrogen-bond acceptors (Lipinski definition) is 8. The number of carbonyl (C=O) groups excluding carboxylic acids is 4. The van der Waals surface area contributed by atoms with E-state index < -0.39 is 63.6 Å². The van der Waals surface area contributed by atoms with Crippen molar-refractivity contribution in [3.63, 3.8) is 0 Å². The second-order valence-electron chi connectivity index (χ2n) is 13.3. The van der Waals surface area contributed by atoms with Gasteiger partial charge >= 0.3 is 0 Å². The van der Waals surface area contributed by atoms with Gasteiger partial charge in [0.25, 0.3) is 5.69 Å². The molecule has 4 aromatic carbocycles. The highest BCUT2D eigenvalue weighted by molar-refractivity contribution is 6.32. The third-order valence-electron chi connectivity index (χ3n) is 11.0. The Morgan fingerprint density at radius 3 is 2.25 bits per heavy atom. The van der Waals surface area contributed by atoms with Crippen LogP contribution in [0.4, 0.5) is 17.1 Å². The van der Waals surface area contributed by atoms with Gasteiger partial charge in [0.1, 0.15) is 0 Å². The summed E-state index contributed by atoms with van der Waals surface area (Å²) in [5.41, 5.74) is 0.711. The van der Waals surface area contributed by atoms with Crippen molar-refractivity contribution in [1.29, 1.82) is 0 Å². The molecule has 0 bridgehead atoms. The van der Waals surface area contributed by atoms with Gasteiger partial charge in [0, 0.05) is 23.1 Å². The Morgan fingerprint density at radius 1 is 0.843 bits per heavy atom. The van der Waals surface area contributed by atoms with Gasteiger partial charge < -0.3 is 9.84 Å². The van der Waals surface area contributed by atoms with Crippen molar-refractivity contribution in [2.75, 3.05) is 16.9 Å². The number of hydrogen-bond donors (Lipinski definition) is 1. The minimum absolute atomic E-state index is 0.0926. The van der Waals surface area contributed by atoms with Crippen LogP contribution in [0.5, 0.6) is 11.5 Å². The van der Waals surface area contributed by atoms with Gasteiger partial charge in [-0.2, -0.15) is 0 Å². The summed E-state index contributed by atoms with van der Waals surface area (Å²) in [6, 6.07) is 25.8. The van der Waals surface area contributed by atoms with E-state index in [4.69, 9.17) is 16.3 Å². The highest BCUT2D eigenvalue weighted by Crippen LogP contribution is 2.64. The number of phenols is 1. The minimum Gasteiger partial charge on any atom is -0.504 e. The molecule has 6 atom stereocenters. The fourth-order valence-electron chi connectivity index (χ4n) is 8.98. The average molecular weight is 704 g/mol. The molecule has 8 rings (SSSR count). The van der Waals surface area contributed by atoms with Gasteiger partial charge in [-0.25, -0.2) is 4.90 Å². The number of rotatable bonds is 6. The number of methoxy groups -OCH3 is 1. The summed E-state index contributed by atoms with van der Waals surface area (Å²) in [5, 5.41) is 22.7. The second kappa shape index (κ2) is 11.9. The highest BCUT2D eigenvalue weighted by Gasteiger charge is 2.70. The highest BCUT2D eigenvalue weighted by atomic mass is 35.5. The topological polar surface area (TPSA) is 147 Å². The first kappa shape index (κ1) is 32.4. The molecule has 256 valence electrons. The van der Waals surface area contributed by atoms with E-state index in [1.165, 1.54) is 42.3 Å². The summed E-state index contributed by atoms with van der Waals surface area (Å²) >= 11 is 6.37. The van der Waals surface area contributed by atoms with Gasteiger partial charge in [0.15, 0.2) is 11.5 Å². The fourth-order valence-corrected chi connectivity index (χ4v) is 9.17. The van der Waals surface area contributed by atoms with Crippen molar-refractivity contribution in [3.05, 3.63) is 135 Å². The molecule has 3 fully saturated rings. The number of nitrogens with zero attached hydrogens (tertiary/aromatic N) is 3. The quantitative estimate of drug-likeness (QED) is 0.106. The smallest absolute Gasteiger partial charge is 0.269 e. The largest absolute Gasteiger partial charge is 0.504 e. The van der Waals surface area contributed by atoms with Crippen LogP contribution >= 0.6 is 11.6 Å². The third kappa shape index (κ3) is 4.64. The third-order valence-corrected chi connectivity index (χ3v) is 11.3. The first-order valence-corrected chi connectivity index (χ1v) is 16.8. The van der Waals surface area contributed by atoms with E-state index in [1.807, 2.05) is 36.4 Å². The number of halogens is 1. The molecule has 4 aliphatic rings. The first-order valence-electron chi connectivity index (χ1n) is 16.5. The summed E-state index contributed by atoms with van der Waals surface area (Å²) < 4.78 is 5.34. The van der Waals surface area contributed by atoms with Crippen LogP contribution < -0.4 is 14.5 Å². The monoisotopic (exact) mass is 703 g/mol. The van der Waals surface area contributed by atoms with E-state index in [2.05, 4.69) is 0 Å². The Balaban J connectivity index is 1.33. The molecule has 2 aliphatic carbocycles. The predicted octanol–water partition coefficient (Wildman–Crippen LogP) is 6.33. The summed E-state index contributed by atoms with van der Waals surface area (Å²) in [4.78, 5) is 71.5. The van der Waals surface area contributed by atoms with Crippen molar-refractivity contribution >= 4 is 52.3 Å². The maximum atomic E-state index is 15.3. The number of nitro benzene ring substituents is 1. The number of carbonyl (C=O) groups is 4. The fraction of sp³-hybridized carbons (Fsp3) is 0.231. The van der Waals surface area contributed by atoms with Crippen molar-refractivity contribution in [2.24, 2.45) is 23.7 Å². The molecule has 12 heteroatoms. The van der Waals surface area contributed by atoms with E-state index in [0.717, 1.165) is 10.5 Å². The first-order chi connectivity index (χ1) is 24.6. The Labute approximate surface area is 296 Å². The lowest BCUT2D eigenvalue weighted by Gasteiger charge is -2.50. The lowest BCUT2D eigenvalue weighted by atomic mass is 9.49. The number of ether oxygens (including phenoxy) is 1. The number of nitro groups is 1. The predicted molar refractivity (Wildman–Crippen MR) is 186 cm³/mol. The molecule has 0 spiro atoms. The molecule has 0 aromatic heterocycles. The van der Waals surface area contributed by atoms with Crippen LogP contribution in [0.1, 0.15) is 29.9 Å². The van der Waals surface area contributed by atoms with Gasteiger partial charge in [-0.05, 0) is 72.4 Å². The maximum absolute atomic E-state index is 15.3. The van der Waals surface area contributed by atoms with Crippen LogP contribution in [0.3, 0.4) is 0 Å². The molecule has 0 radical (unpaired) electrons. The number of amides is 4. The molecule has 1 saturated carbocycles. The molecule has 2 saturated heterocycles. The van der Waals surface area contributed by atoms with Gasteiger partial charge in [-0.15, -0.1) is 0 Å². The van der Waals surface area contributed by atoms with E-state index >= 15 is 4.79 Å². The molecule has 11 nitrogen and oxygen atoms in total. The van der Waals surface area contributed by atoms with E-state index in [9.17, 15) is 29.6 Å².